The number of benzene rings is 1. The van der Waals surface area contributed by atoms with Gasteiger partial charge in [-0.1, -0.05) is 18.2 Å². The minimum Gasteiger partial charge on any atom is -0.379 e. The maximum atomic E-state index is 13.6. The van der Waals surface area contributed by atoms with Crippen molar-refractivity contribution >= 4 is 23.4 Å². The summed E-state index contributed by atoms with van der Waals surface area (Å²) in [5.41, 5.74) is 1.69. The molecule has 2 aromatic rings. The zero-order valence-electron chi connectivity index (χ0n) is 18.4. The number of thioether (sulfide) groups is 1. The summed E-state index contributed by atoms with van der Waals surface area (Å²) in [4.78, 5) is 22.2. The van der Waals surface area contributed by atoms with Crippen LogP contribution < -0.4 is 10.2 Å². The van der Waals surface area contributed by atoms with Gasteiger partial charge in [-0.15, -0.1) is 11.8 Å². The number of morpholine rings is 1. The summed E-state index contributed by atoms with van der Waals surface area (Å²) in [5.74, 6) is 0.567. The van der Waals surface area contributed by atoms with Gasteiger partial charge in [0.05, 0.1) is 29.9 Å². The first-order chi connectivity index (χ1) is 15.6. The van der Waals surface area contributed by atoms with E-state index < -0.39 is 5.41 Å². The van der Waals surface area contributed by atoms with Crippen LogP contribution in [-0.2, 0) is 14.9 Å². The van der Waals surface area contributed by atoms with E-state index in [2.05, 4.69) is 21.3 Å². The number of hydrogen-bond donors (Lipinski definition) is 1. The molecule has 166 valence electrons. The largest absolute Gasteiger partial charge is 0.379 e. The number of nitrogens with zero attached hydrogens (tertiary/aromatic N) is 4. The Bertz CT molecular complexity index is 1030. The molecular weight excluding hydrogens is 422 g/mol. The highest BCUT2D eigenvalue weighted by atomic mass is 32.2. The molecule has 2 aliphatic rings. The van der Waals surface area contributed by atoms with Crippen LogP contribution in [0.25, 0.3) is 0 Å². The van der Waals surface area contributed by atoms with Crippen molar-refractivity contribution in [3.8, 4) is 6.07 Å². The highest BCUT2D eigenvalue weighted by Crippen LogP contribution is 2.46. The highest BCUT2D eigenvalue weighted by molar-refractivity contribution is 8.03. The quantitative estimate of drug-likeness (QED) is 0.695. The second-order valence-corrected chi connectivity index (χ2v) is 9.11. The van der Waals surface area contributed by atoms with Gasteiger partial charge in [0.25, 0.3) is 0 Å². The number of hydrogen-bond acceptors (Lipinski definition) is 7. The van der Waals surface area contributed by atoms with Crippen LogP contribution in [0.4, 0.5) is 5.69 Å². The molecule has 0 radical (unpaired) electrons. The van der Waals surface area contributed by atoms with Gasteiger partial charge in [-0.2, -0.15) is 5.26 Å². The first-order valence-corrected chi connectivity index (χ1v) is 11.6. The zero-order chi connectivity index (χ0) is 22.6. The van der Waals surface area contributed by atoms with Crippen molar-refractivity contribution in [2.75, 3.05) is 57.6 Å². The Hall–Kier alpha value is -2.86. The predicted octanol–water partition coefficient (Wildman–Crippen LogP) is 2.36. The number of carbonyl (C=O) groups is 1. The molecule has 1 amide bonds. The van der Waals surface area contributed by atoms with E-state index in [9.17, 15) is 10.1 Å². The monoisotopic (exact) mass is 449 g/mol. The van der Waals surface area contributed by atoms with Crippen LogP contribution in [0.3, 0.4) is 0 Å². The summed E-state index contributed by atoms with van der Waals surface area (Å²) in [6.07, 6.45) is 3.35. The van der Waals surface area contributed by atoms with Crippen molar-refractivity contribution < 1.29 is 9.53 Å². The van der Waals surface area contributed by atoms with E-state index in [1.807, 2.05) is 49.3 Å². The van der Waals surface area contributed by atoms with Crippen LogP contribution in [0, 0.1) is 11.3 Å². The molecule has 3 heterocycles. The Kier molecular flexibility index (Phi) is 6.80. The number of nitriles is 1. The lowest BCUT2D eigenvalue weighted by atomic mass is 9.70. The summed E-state index contributed by atoms with van der Waals surface area (Å²) in [6, 6.07) is 13.8. The number of anilines is 1. The first kappa shape index (κ1) is 22.3. The van der Waals surface area contributed by atoms with Crippen molar-refractivity contribution in [1.29, 1.82) is 5.26 Å². The van der Waals surface area contributed by atoms with Crippen LogP contribution in [0.1, 0.15) is 11.1 Å². The standard InChI is InChI=1S/C24H27N5O2S/c1-28(2)20-7-5-18(6-8-20)24(19-4-3-9-26-17-19)21(16-25)22(27-23(24)30)32-15-12-29-10-13-31-14-11-29/h3-9,17H,10-15H2,1-2H3,(H,27,30). The zero-order valence-corrected chi connectivity index (χ0v) is 19.2. The average Bonchev–Trinajstić information content (AvgIpc) is 3.12. The fraction of sp³-hybridized carbons (Fsp3) is 0.375. The van der Waals surface area contributed by atoms with E-state index in [0.717, 1.165) is 49.9 Å². The number of aromatic nitrogens is 1. The lowest BCUT2D eigenvalue weighted by molar-refractivity contribution is -0.122. The molecule has 1 unspecified atom stereocenters. The minimum atomic E-state index is -1.21. The number of ether oxygens (including phenoxy) is 1. The van der Waals surface area contributed by atoms with Gasteiger partial charge in [-0.25, -0.2) is 0 Å². The van der Waals surface area contributed by atoms with E-state index in [4.69, 9.17) is 4.74 Å². The van der Waals surface area contributed by atoms with Gasteiger partial charge in [0.2, 0.25) is 5.91 Å². The molecule has 7 nitrogen and oxygen atoms in total. The summed E-state index contributed by atoms with van der Waals surface area (Å²) in [5, 5.41) is 13.9. The fourth-order valence-electron chi connectivity index (χ4n) is 4.20. The van der Waals surface area contributed by atoms with Crippen LogP contribution in [0.15, 0.2) is 59.4 Å². The van der Waals surface area contributed by atoms with Crippen molar-refractivity contribution in [2.45, 2.75) is 5.41 Å². The molecule has 8 heteroatoms. The molecule has 1 aromatic heterocycles. The van der Waals surface area contributed by atoms with Crippen LogP contribution >= 0.6 is 11.8 Å². The molecule has 2 aliphatic heterocycles. The van der Waals surface area contributed by atoms with Gasteiger partial charge < -0.3 is 15.0 Å². The van der Waals surface area contributed by atoms with Crippen molar-refractivity contribution in [2.24, 2.45) is 0 Å². The summed E-state index contributed by atoms with van der Waals surface area (Å²) in [7, 11) is 3.94. The van der Waals surface area contributed by atoms with Crippen molar-refractivity contribution in [3.63, 3.8) is 0 Å². The summed E-state index contributed by atoms with van der Waals surface area (Å²) >= 11 is 1.53. The third-order valence-electron chi connectivity index (χ3n) is 5.95. The summed E-state index contributed by atoms with van der Waals surface area (Å²) in [6.45, 7) is 4.20. The van der Waals surface area contributed by atoms with Crippen molar-refractivity contribution in [1.82, 2.24) is 15.2 Å². The third-order valence-corrected chi connectivity index (χ3v) is 6.93. The predicted molar refractivity (Wildman–Crippen MR) is 126 cm³/mol. The smallest absolute Gasteiger partial charge is 0.245 e. The molecule has 1 fully saturated rings. The molecule has 32 heavy (non-hydrogen) atoms. The van der Waals surface area contributed by atoms with Gasteiger partial charge >= 0.3 is 0 Å². The number of amides is 1. The van der Waals surface area contributed by atoms with E-state index >= 15 is 0 Å². The maximum absolute atomic E-state index is 13.6. The topological polar surface area (TPSA) is 81.5 Å². The Labute approximate surface area is 193 Å². The Morgan fingerprint density at radius 1 is 1.22 bits per heavy atom. The van der Waals surface area contributed by atoms with E-state index in [1.54, 1.807) is 18.5 Å². The third kappa shape index (κ3) is 4.11. The van der Waals surface area contributed by atoms with Gasteiger partial charge in [0.1, 0.15) is 5.41 Å². The van der Waals surface area contributed by atoms with Gasteiger partial charge in [-0.3, -0.25) is 14.7 Å². The first-order valence-electron chi connectivity index (χ1n) is 10.6. The molecule has 0 spiro atoms. The number of pyridine rings is 1. The van der Waals surface area contributed by atoms with E-state index in [-0.39, 0.29) is 5.91 Å². The molecule has 4 rings (SSSR count). The van der Waals surface area contributed by atoms with Crippen LogP contribution in [-0.4, -0.2) is 68.5 Å². The lowest BCUT2D eigenvalue weighted by Gasteiger charge is -2.28. The average molecular weight is 450 g/mol. The second kappa shape index (κ2) is 9.74. The molecular formula is C24H27N5O2S. The SMILES string of the molecule is CN(C)c1ccc(C2(c3cccnc3)C(=O)NC(SCCN3CCOCC3)=C2C#N)cc1. The van der Waals surface area contributed by atoms with Crippen molar-refractivity contribution in [3.05, 3.63) is 70.5 Å². The van der Waals surface area contributed by atoms with Crippen LogP contribution in [0.2, 0.25) is 0 Å². The van der Waals surface area contributed by atoms with E-state index in [0.29, 0.717) is 16.2 Å². The van der Waals surface area contributed by atoms with Gasteiger partial charge in [0.15, 0.2) is 0 Å². The van der Waals surface area contributed by atoms with Crippen LogP contribution in [0.5, 0.6) is 0 Å². The second-order valence-electron chi connectivity index (χ2n) is 8.01. The molecule has 1 N–H and O–H groups in total. The normalized spacial score (nSPS) is 21.3. The Balaban J connectivity index is 1.71. The van der Waals surface area contributed by atoms with E-state index in [1.165, 1.54) is 11.8 Å². The Morgan fingerprint density at radius 2 is 1.97 bits per heavy atom. The lowest BCUT2D eigenvalue weighted by Crippen LogP contribution is -2.39. The fourth-order valence-corrected chi connectivity index (χ4v) is 5.26. The molecule has 0 saturated carbocycles. The van der Waals surface area contributed by atoms with Gasteiger partial charge in [-0.05, 0) is 29.3 Å². The Morgan fingerprint density at radius 3 is 2.59 bits per heavy atom. The van der Waals surface area contributed by atoms with Gasteiger partial charge in [0, 0.05) is 57.6 Å². The molecule has 1 aromatic carbocycles. The molecule has 0 bridgehead atoms. The molecule has 0 aliphatic carbocycles. The number of rotatable bonds is 7. The highest BCUT2D eigenvalue weighted by Gasteiger charge is 2.52. The minimum absolute atomic E-state index is 0.214. The maximum Gasteiger partial charge on any atom is 0.245 e. The number of carbonyl (C=O) groups excluding carboxylic acids is 1. The molecule has 1 saturated heterocycles. The number of nitrogens with one attached hydrogen (secondary N) is 1. The molecule has 1 atom stereocenters. The summed E-state index contributed by atoms with van der Waals surface area (Å²) < 4.78 is 5.41.